The highest BCUT2D eigenvalue weighted by Crippen LogP contribution is 2.23. The van der Waals surface area contributed by atoms with Crippen molar-refractivity contribution in [3.8, 4) is 0 Å². The standard InChI is InChI=1S/C14H20F3N5O2/c1-9-6-21(7-10(2)22(9)8-14(15,16)17)13(24)18-5-11-3-4-12(23)20-19-11/h3-4,9-10H,5-8H2,1-2H3,(H,18,24)(H,20,23)/t9-,10+. The van der Waals surface area contributed by atoms with E-state index in [1.54, 1.807) is 13.8 Å². The summed E-state index contributed by atoms with van der Waals surface area (Å²) < 4.78 is 37.8. The minimum absolute atomic E-state index is 0.126. The van der Waals surface area contributed by atoms with Crippen LogP contribution in [0.25, 0.3) is 0 Å². The number of piperazine rings is 1. The minimum atomic E-state index is -4.26. The van der Waals surface area contributed by atoms with Gasteiger partial charge in [0.15, 0.2) is 0 Å². The average molecular weight is 347 g/mol. The fourth-order valence-corrected chi connectivity index (χ4v) is 2.79. The molecule has 0 aliphatic carbocycles. The van der Waals surface area contributed by atoms with Gasteiger partial charge >= 0.3 is 12.2 Å². The highest BCUT2D eigenvalue weighted by atomic mass is 19.4. The molecule has 0 radical (unpaired) electrons. The maximum absolute atomic E-state index is 12.6. The second-order valence-corrected chi connectivity index (χ2v) is 5.96. The third kappa shape index (κ3) is 4.95. The number of nitrogens with one attached hydrogen (secondary N) is 2. The molecule has 1 aliphatic heterocycles. The number of amides is 2. The zero-order valence-electron chi connectivity index (χ0n) is 13.4. The fraction of sp³-hybridized carbons (Fsp3) is 0.643. The third-order valence-electron chi connectivity index (χ3n) is 3.91. The molecule has 2 heterocycles. The molecule has 1 aromatic rings. The first-order chi connectivity index (χ1) is 11.2. The number of rotatable bonds is 3. The molecule has 10 heteroatoms. The second-order valence-electron chi connectivity index (χ2n) is 5.96. The van der Waals surface area contributed by atoms with Crippen molar-refractivity contribution in [1.82, 2.24) is 25.3 Å². The van der Waals surface area contributed by atoms with E-state index < -0.39 is 24.8 Å². The maximum atomic E-state index is 12.6. The lowest BCUT2D eigenvalue weighted by molar-refractivity contribution is -0.160. The Hall–Kier alpha value is -2.10. The van der Waals surface area contributed by atoms with Crippen molar-refractivity contribution in [3.05, 3.63) is 28.2 Å². The number of urea groups is 1. The molecular formula is C14H20F3N5O2. The Balaban J connectivity index is 1.90. The van der Waals surface area contributed by atoms with Crippen LogP contribution in [0.3, 0.4) is 0 Å². The van der Waals surface area contributed by atoms with Gasteiger partial charge in [-0.1, -0.05) is 0 Å². The van der Waals surface area contributed by atoms with E-state index in [1.165, 1.54) is 21.9 Å². The van der Waals surface area contributed by atoms with Crippen LogP contribution in [0.2, 0.25) is 0 Å². The van der Waals surface area contributed by atoms with E-state index in [9.17, 15) is 22.8 Å². The van der Waals surface area contributed by atoms with E-state index in [0.29, 0.717) is 5.69 Å². The number of halogens is 3. The molecular weight excluding hydrogens is 327 g/mol. The van der Waals surface area contributed by atoms with Crippen molar-refractivity contribution in [1.29, 1.82) is 0 Å². The molecule has 1 fully saturated rings. The highest BCUT2D eigenvalue weighted by Gasteiger charge is 2.39. The molecule has 134 valence electrons. The van der Waals surface area contributed by atoms with Gasteiger partial charge in [0.05, 0.1) is 18.8 Å². The van der Waals surface area contributed by atoms with Gasteiger partial charge in [0.1, 0.15) is 0 Å². The van der Waals surface area contributed by atoms with Crippen molar-refractivity contribution in [3.63, 3.8) is 0 Å². The van der Waals surface area contributed by atoms with E-state index >= 15 is 0 Å². The number of nitrogens with zero attached hydrogens (tertiary/aromatic N) is 3. The fourth-order valence-electron chi connectivity index (χ4n) is 2.79. The van der Waals surface area contributed by atoms with Gasteiger partial charge in [-0.25, -0.2) is 9.89 Å². The van der Waals surface area contributed by atoms with Gasteiger partial charge < -0.3 is 10.2 Å². The van der Waals surface area contributed by atoms with Gasteiger partial charge in [0.25, 0.3) is 5.56 Å². The molecule has 1 saturated heterocycles. The number of carbonyl (C=O) groups is 1. The zero-order chi connectivity index (χ0) is 17.9. The van der Waals surface area contributed by atoms with Gasteiger partial charge in [-0.05, 0) is 19.9 Å². The Morgan fingerprint density at radius 2 is 1.96 bits per heavy atom. The van der Waals surface area contributed by atoms with Gasteiger partial charge in [-0.2, -0.15) is 18.3 Å². The summed E-state index contributed by atoms with van der Waals surface area (Å²) in [5, 5.41) is 8.69. The van der Waals surface area contributed by atoms with E-state index in [0.717, 1.165) is 0 Å². The maximum Gasteiger partial charge on any atom is 0.401 e. The van der Waals surface area contributed by atoms with Gasteiger partial charge in [-0.3, -0.25) is 9.69 Å². The first-order valence-corrected chi connectivity index (χ1v) is 7.55. The molecule has 0 saturated carbocycles. The Morgan fingerprint density at radius 3 is 2.46 bits per heavy atom. The lowest BCUT2D eigenvalue weighted by Gasteiger charge is -2.44. The Labute approximate surface area is 136 Å². The number of hydrogen-bond acceptors (Lipinski definition) is 4. The number of hydrogen-bond donors (Lipinski definition) is 2. The predicted molar refractivity (Wildman–Crippen MR) is 80.4 cm³/mol. The summed E-state index contributed by atoms with van der Waals surface area (Å²) in [6, 6.07) is 1.63. The van der Waals surface area contributed by atoms with Crippen LogP contribution in [-0.4, -0.2) is 63.9 Å². The van der Waals surface area contributed by atoms with Crippen LogP contribution >= 0.6 is 0 Å². The summed E-state index contributed by atoms with van der Waals surface area (Å²) in [5.74, 6) is 0. The molecule has 24 heavy (non-hydrogen) atoms. The van der Waals surface area contributed by atoms with Crippen LogP contribution in [0.4, 0.5) is 18.0 Å². The summed E-state index contributed by atoms with van der Waals surface area (Å²) in [6.07, 6.45) is -4.26. The minimum Gasteiger partial charge on any atom is -0.332 e. The van der Waals surface area contributed by atoms with Crippen molar-refractivity contribution < 1.29 is 18.0 Å². The molecule has 1 aromatic heterocycles. The quantitative estimate of drug-likeness (QED) is 0.853. The monoisotopic (exact) mass is 347 g/mol. The molecule has 7 nitrogen and oxygen atoms in total. The van der Waals surface area contributed by atoms with E-state index in [1.807, 2.05) is 0 Å². The molecule has 2 N–H and O–H groups in total. The van der Waals surface area contributed by atoms with Crippen LogP contribution in [0.5, 0.6) is 0 Å². The number of H-pyrrole nitrogens is 1. The predicted octanol–water partition coefficient (Wildman–Crippen LogP) is 0.936. The first kappa shape index (κ1) is 18.2. The summed E-state index contributed by atoms with van der Waals surface area (Å²) in [4.78, 5) is 26.0. The van der Waals surface area contributed by atoms with Crippen LogP contribution in [0.15, 0.2) is 16.9 Å². The lowest BCUT2D eigenvalue weighted by Crippen LogP contribution is -2.61. The summed E-state index contributed by atoms with van der Waals surface area (Å²) in [7, 11) is 0. The Morgan fingerprint density at radius 1 is 1.33 bits per heavy atom. The number of alkyl halides is 3. The van der Waals surface area contributed by atoms with Crippen molar-refractivity contribution in [2.75, 3.05) is 19.6 Å². The van der Waals surface area contributed by atoms with Gasteiger partial charge in [0, 0.05) is 31.2 Å². The normalized spacial score (nSPS) is 22.5. The number of aromatic amines is 1. The van der Waals surface area contributed by atoms with Crippen LogP contribution in [-0.2, 0) is 6.54 Å². The van der Waals surface area contributed by atoms with Crippen LogP contribution < -0.4 is 10.9 Å². The summed E-state index contributed by atoms with van der Waals surface area (Å²) in [6.45, 7) is 2.92. The molecule has 2 rings (SSSR count). The van der Waals surface area contributed by atoms with E-state index in [4.69, 9.17) is 0 Å². The van der Waals surface area contributed by atoms with Crippen LogP contribution in [0, 0.1) is 0 Å². The van der Waals surface area contributed by atoms with E-state index in [-0.39, 0.29) is 31.2 Å². The van der Waals surface area contributed by atoms with Crippen molar-refractivity contribution in [2.45, 2.75) is 38.7 Å². The number of aromatic nitrogens is 2. The molecule has 0 unspecified atom stereocenters. The second kappa shape index (κ2) is 7.20. The highest BCUT2D eigenvalue weighted by molar-refractivity contribution is 5.74. The largest absolute Gasteiger partial charge is 0.401 e. The van der Waals surface area contributed by atoms with E-state index in [2.05, 4.69) is 15.5 Å². The smallest absolute Gasteiger partial charge is 0.332 e. The molecule has 0 spiro atoms. The first-order valence-electron chi connectivity index (χ1n) is 7.55. The van der Waals surface area contributed by atoms with Crippen LogP contribution in [0.1, 0.15) is 19.5 Å². The third-order valence-corrected chi connectivity index (χ3v) is 3.91. The van der Waals surface area contributed by atoms with Crippen molar-refractivity contribution in [2.24, 2.45) is 0 Å². The number of carbonyl (C=O) groups excluding carboxylic acids is 1. The topological polar surface area (TPSA) is 81.3 Å². The average Bonchev–Trinajstić information content (AvgIpc) is 2.49. The zero-order valence-corrected chi connectivity index (χ0v) is 13.4. The Kier molecular flexibility index (Phi) is 5.47. The van der Waals surface area contributed by atoms with Gasteiger partial charge in [-0.15, -0.1) is 0 Å². The lowest BCUT2D eigenvalue weighted by atomic mass is 10.1. The molecule has 2 atom stereocenters. The molecule has 0 aromatic carbocycles. The van der Waals surface area contributed by atoms with Crippen molar-refractivity contribution >= 4 is 6.03 Å². The molecule has 0 bridgehead atoms. The SMILES string of the molecule is C[C@@H]1CN(C(=O)NCc2ccc(=O)[nH]n2)C[C@H](C)N1CC(F)(F)F. The molecule has 1 aliphatic rings. The molecule has 2 amide bonds. The van der Waals surface area contributed by atoms with Gasteiger partial charge in [0.2, 0.25) is 0 Å². The summed E-state index contributed by atoms with van der Waals surface area (Å²) >= 11 is 0. The summed E-state index contributed by atoms with van der Waals surface area (Å²) in [5.41, 5.74) is 0.147. The Bertz CT molecular complexity index is 601.